The summed E-state index contributed by atoms with van der Waals surface area (Å²) in [5.41, 5.74) is 2.81. The molecular weight excluding hydrogens is 342 g/mol. The summed E-state index contributed by atoms with van der Waals surface area (Å²) in [7, 11) is 0. The smallest absolute Gasteiger partial charge is 0.273 e. The largest absolute Gasteiger partial charge is 0.336 e. The highest BCUT2D eigenvalue weighted by atomic mass is 16.6. The number of hydrogen-bond donors (Lipinski definition) is 0. The van der Waals surface area contributed by atoms with Crippen LogP contribution in [0, 0.1) is 10.1 Å². The normalized spacial score (nSPS) is 15.1. The Bertz CT molecular complexity index is 810. The van der Waals surface area contributed by atoms with Crippen LogP contribution in [0.25, 0.3) is 0 Å². The molecule has 1 aliphatic heterocycles. The van der Waals surface area contributed by atoms with Gasteiger partial charge >= 0.3 is 0 Å². The van der Waals surface area contributed by atoms with E-state index in [1.807, 2.05) is 35.2 Å². The fourth-order valence-corrected chi connectivity index (χ4v) is 3.37. The Labute approximate surface area is 159 Å². The fourth-order valence-electron chi connectivity index (χ4n) is 3.37. The standard InChI is InChI=1S/C21H25N3O3/c1-16(2)17-7-9-18(10-8-17)21(25)23-13-11-22(12-14-23)15-19-5-3-4-6-20(19)24(26)27/h3-10,16H,11-15H2,1-2H3. The van der Waals surface area contributed by atoms with Crippen LogP contribution in [0.5, 0.6) is 0 Å². The van der Waals surface area contributed by atoms with Crippen LogP contribution in [0.4, 0.5) is 5.69 Å². The number of carbonyl (C=O) groups is 1. The van der Waals surface area contributed by atoms with Crippen LogP contribution in [-0.2, 0) is 6.54 Å². The molecule has 0 bridgehead atoms. The number of nitro groups is 1. The second kappa shape index (κ2) is 8.31. The van der Waals surface area contributed by atoms with Gasteiger partial charge in [-0.15, -0.1) is 0 Å². The average molecular weight is 367 g/mol. The monoisotopic (exact) mass is 367 g/mol. The molecule has 27 heavy (non-hydrogen) atoms. The zero-order valence-electron chi connectivity index (χ0n) is 15.8. The molecule has 0 spiro atoms. The quantitative estimate of drug-likeness (QED) is 0.597. The average Bonchev–Trinajstić information content (AvgIpc) is 2.68. The lowest BCUT2D eigenvalue weighted by Gasteiger charge is -2.34. The zero-order chi connectivity index (χ0) is 19.4. The van der Waals surface area contributed by atoms with E-state index in [2.05, 4.69) is 18.7 Å². The summed E-state index contributed by atoms with van der Waals surface area (Å²) >= 11 is 0. The lowest BCUT2D eigenvalue weighted by atomic mass is 10.0. The summed E-state index contributed by atoms with van der Waals surface area (Å²) in [5.74, 6) is 0.496. The third kappa shape index (κ3) is 4.52. The minimum absolute atomic E-state index is 0.0515. The van der Waals surface area contributed by atoms with Gasteiger partial charge in [-0.2, -0.15) is 0 Å². The van der Waals surface area contributed by atoms with Gasteiger partial charge in [0.15, 0.2) is 0 Å². The van der Waals surface area contributed by atoms with E-state index in [1.54, 1.807) is 12.1 Å². The molecule has 1 saturated heterocycles. The van der Waals surface area contributed by atoms with Gasteiger partial charge in [-0.3, -0.25) is 19.8 Å². The SMILES string of the molecule is CC(C)c1ccc(C(=O)N2CCN(Cc3ccccc3[N+](=O)[O-])CC2)cc1. The summed E-state index contributed by atoms with van der Waals surface area (Å²) in [6.07, 6.45) is 0. The Kier molecular flexibility index (Phi) is 5.86. The van der Waals surface area contributed by atoms with Crippen LogP contribution < -0.4 is 0 Å². The minimum atomic E-state index is -0.337. The lowest BCUT2D eigenvalue weighted by molar-refractivity contribution is -0.385. The molecule has 6 nitrogen and oxygen atoms in total. The van der Waals surface area contributed by atoms with Gasteiger partial charge in [0.05, 0.1) is 4.92 Å². The maximum Gasteiger partial charge on any atom is 0.273 e. The molecule has 0 aliphatic carbocycles. The van der Waals surface area contributed by atoms with Crippen molar-refractivity contribution in [2.75, 3.05) is 26.2 Å². The molecule has 0 N–H and O–H groups in total. The van der Waals surface area contributed by atoms with Crippen LogP contribution >= 0.6 is 0 Å². The van der Waals surface area contributed by atoms with Gasteiger partial charge in [-0.25, -0.2) is 0 Å². The molecule has 0 atom stereocenters. The number of nitro benzene ring substituents is 1. The van der Waals surface area contributed by atoms with Gasteiger partial charge in [0, 0.05) is 49.9 Å². The molecule has 3 rings (SSSR count). The third-order valence-corrected chi connectivity index (χ3v) is 5.07. The van der Waals surface area contributed by atoms with Crippen LogP contribution in [-0.4, -0.2) is 46.8 Å². The molecule has 0 aromatic heterocycles. The predicted molar refractivity (Wildman–Crippen MR) is 105 cm³/mol. The van der Waals surface area contributed by atoms with Gasteiger partial charge in [0.25, 0.3) is 11.6 Å². The molecule has 1 amide bonds. The highest BCUT2D eigenvalue weighted by molar-refractivity contribution is 5.94. The second-order valence-electron chi connectivity index (χ2n) is 7.23. The van der Waals surface area contributed by atoms with Crippen molar-refractivity contribution in [1.29, 1.82) is 0 Å². The molecular formula is C21H25N3O3. The molecule has 6 heteroatoms. The van der Waals surface area contributed by atoms with E-state index in [4.69, 9.17) is 0 Å². The number of amides is 1. The van der Waals surface area contributed by atoms with Crippen molar-refractivity contribution in [2.24, 2.45) is 0 Å². The van der Waals surface area contributed by atoms with Crippen LogP contribution in [0.1, 0.15) is 41.3 Å². The van der Waals surface area contributed by atoms with Crippen LogP contribution in [0.2, 0.25) is 0 Å². The second-order valence-corrected chi connectivity index (χ2v) is 7.23. The number of para-hydroxylation sites is 1. The lowest BCUT2D eigenvalue weighted by Crippen LogP contribution is -2.48. The van der Waals surface area contributed by atoms with E-state index >= 15 is 0 Å². The summed E-state index contributed by atoms with van der Waals surface area (Å²) in [6.45, 7) is 7.48. The first-order chi connectivity index (χ1) is 13.0. The number of benzene rings is 2. The van der Waals surface area contributed by atoms with Crippen LogP contribution in [0.3, 0.4) is 0 Å². The first-order valence-corrected chi connectivity index (χ1v) is 9.29. The van der Waals surface area contributed by atoms with Crippen molar-refractivity contribution in [2.45, 2.75) is 26.3 Å². The first-order valence-electron chi connectivity index (χ1n) is 9.29. The van der Waals surface area contributed by atoms with Gasteiger partial charge in [-0.05, 0) is 23.6 Å². The molecule has 1 heterocycles. The summed E-state index contributed by atoms with van der Waals surface area (Å²) < 4.78 is 0. The number of nitrogens with zero attached hydrogens (tertiary/aromatic N) is 3. The highest BCUT2D eigenvalue weighted by Crippen LogP contribution is 2.21. The van der Waals surface area contributed by atoms with Crippen molar-refractivity contribution >= 4 is 11.6 Å². The van der Waals surface area contributed by atoms with Gasteiger partial charge in [-0.1, -0.05) is 44.2 Å². The van der Waals surface area contributed by atoms with Gasteiger partial charge < -0.3 is 4.90 Å². The predicted octanol–water partition coefficient (Wildman–Crippen LogP) is 3.68. The number of piperazine rings is 1. The topological polar surface area (TPSA) is 66.7 Å². The summed E-state index contributed by atoms with van der Waals surface area (Å²) in [4.78, 5) is 27.6. The zero-order valence-corrected chi connectivity index (χ0v) is 15.8. The molecule has 142 valence electrons. The number of rotatable bonds is 5. The van der Waals surface area contributed by atoms with Crippen molar-refractivity contribution in [3.8, 4) is 0 Å². The Morgan fingerprint density at radius 1 is 1.04 bits per heavy atom. The van der Waals surface area contributed by atoms with Crippen molar-refractivity contribution < 1.29 is 9.72 Å². The first kappa shape index (κ1) is 19.0. The van der Waals surface area contributed by atoms with E-state index in [0.29, 0.717) is 49.8 Å². The maximum absolute atomic E-state index is 12.7. The maximum atomic E-state index is 12.7. The van der Waals surface area contributed by atoms with E-state index in [-0.39, 0.29) is 16.5 Å². The molecule has 0 saturated carbocycles. The van der Waals surface area contributed by atoms with E-state index < -0.39 is 0 Å². The minimum Gasteiger partial charge on any atom is -0.336 e. The summed E-state index contributed by atoms with van der Waals surface area (Å²) in [6, 6.07) is 14.7. The molecule has 1 fully saturated rings. The fraction of sp³-hybridized carbons (Fsp3) is 0.381. The van der Waals surface area contributed by atoms with Gasteiger partial charge in [0.2, 0.25) is 0 Å². The van der Waals surface area contributed by atoms with E-state index in [1.165, 1.54) is 11.6 Å². The highest BCUT2D eigenvalue weighted by Gasteiger charge is 2.24. The van der Waals surface area contributed by atoms with Crippen molar-refractivity contribution in [3.05, 3.63) is 75.3 Å². The van der Waals surface area contributed by atoms with Crippen molar-refractivity contribution in [1.82, 2.24) is 9.80 Å². The molecule has 2 aromatic carbocycles. The molecule has 2 aromatic rings. The van der Waals surface area contributed by atoms with E-state index in [9.17, 15) is 14.9 Å². The molecule has 0 radical (unpaired) electrons. The van der Waals surface area contributed by atoms with Gasteiger partial charge in [0.1, 0.15) is 0 Å². The Balaban J connectivity index is 1.59. The third-order valence-electron chi connectivity index (χ3n) is 5.07. The van der Waals surface area contributed by atoms with Crippen LogP contribution in [0.15, 0.2) is 48.5 Å². The summed E-state index contributed by atoms with van der Waals surface area (Å²) in [5, 5.41) is 11.2. The molecule has 1 aliphatic rings. The Hall–Kier alpha value is -2.73. The Morgan fingerprint density at radius 2 is 1.67 bits per heavy atom. The number of hydrogen-bond acceptors (Lipinski definition) is 4. The number of carbonyl (C=O) groups excluding carboxylic acids is 1. The van der Waals surface area contributed by atoms with Crippen molar-refractivity contribution in [3.63, 3.8) is 0 Å². The van der Waals surface area contributed by atoms with E-state index in [0.717, 1.165) is 0 Å². The Morgan fingerprint density at radius 3 is 2.26 bits per heavy atom. The molecule has 0 unspecified atom stereocenters.